The molecule has 0 bridgehead atoms. The Morgan fingerprint density at radius 1 is 0.429 bits per heavy atom. The van der Waals surface area contributed by atoms with Gasteiger partial charge in [-0.25, -0.2) is 0 Å². The van der Waals surface area contributed by atoms with Gasteiger partial charge in [-0.05, 0) is 109 Å². The largest absolute Gasteiger partial charge is 0.456 e. The average molecular weight is 627 g/mol. The Bertz CT molecular complexity index is 2880. The van der Waals surface area contributed by atoms with Crippen molar-refractivity contribution < 1.29 is 9.15 Å². The van der Waals surface area contributed by atoms with E-state index in [0.29, 0.717) is 0 Å². The van der Waals surface area contributed by atoms with Crippen molar-refractivity contribution in [3.63, 3.8) is 0 Å². The lowest BCUT2D eigenvalue weighted by Crippen LogP contribution is -2.15. The first-order chi connectivity index (χ1) is 24.0. The topological polar surface area (TPSA) is 22.4 Å². The second-order valence-electron chi connectivity index (χ2n) is 14.1. The van der Waals surface area contributed by atoms with Crippen LogP contribution in [0, 0.1) is 0 Å². The summed E-state index contributed by atoms with van der Waals surface area (Å²) in [6.45, 7) is 4.73. The van der Waals surface area contributed by atoms with Gasteiger partial charge in [-0.15, -0.1) is 0 Å². The highest BCUT2D eigenvalue weighted by atomic mass is 16.5. The van der Waals surface area contributed by atoms with Crippen LogP contribution in [0.4, 0.5) is 0 Å². The fraction of sp³-hybridized carbons (Fsp3) is 0.0638. The molecule has 1 aliphatic heterocycles. The Kier molecular flexibility index (Phi) is 5.21. The maximum absolute atomic E-state index is 6.40. The summed E-state index contributed by atoms with van der Waals surface area (Å²) in [4.78, 5) is 0. The molecule has 1 aliphatic carbocycles. The lowest BCUT2D eigenvalue weighted by molar-refractivity contribution is 0.487. The lowest BCUT2D eigenvalue weighted by Gasteiger charge is -2.23. The predicted molar refractivity (Wildman–Crippen MR) is 203 cm³/mol. The van der Waals surface area contributed by atoms with Gasteiger partial charge in [0.2, 0.25) is 0 Å². The molecule has 0 unspecified atom stereocenters. The zero-order valence-corrected chi connectivity index (χ0v) is 27.2. The first-order valence-corrected chi connectivity index (χ1v) is 17.0. The summed E-state index contributed by atoms with van der Waals surface area (Å²) in [6, 6.07) is 52.8. The summed E-state index contributed by atoms with van der Waals surface area (Å²) in [7, 11) is 0. The third-order valence-electron chi connectivity index (χ3n) is 11.1. The van der Waals surface area contributed by atoms with Crippen LogP contribution in [0.2, 0.25) is 0 Å². The molecule has 230 valence electrons. The molecule has 2 heteroatoms. The molecule has 2 aliphatic rings. The van der Waals surface area contributed by atoms with Crippen LogP contribution in [0.15, 0.2) is 150 Å². The Hall–Kier alpha value is -6.12. The van der Waals surface area contributed by atoms with E-state index in [9.17, 15) is 0 Å². The van der Waals surface area contributed by atoms with Gasteiger partial charge in [0.05, 0.1) is 0 Å². The van der Waals surface area contributed by atoms with Gasteiger partial charge < -0.3 is 9.15 Å². The summed E-state index contributed by atoms with van der Waals surface area (Å²) in [5.74, 6) is 1.83. The molecule has 0 fully saturated rings. The van der Waals surface area contributed by atoms with E-state index in [4.69, 9.17) is 9.15 Å². The van der Waals surface area contributed by atoms with E-state index < -0.39 is 0 Å². The van der Waals surface area contributed by atoms with Gasteiger partial charge in [0.25, 0.3) is 0 Å². The highest BCUT2D eigenvalue weighted by molar-refractivity contribution is 6.11. The molecule has 0 saturated carbocycles. The fourth-order valence-electron chi connectivity index (χ4n) is 8.66. The normalized spacial score (nSPS) is 13.8. The number of hydrogen-bond donors (Lipinski definition) is 0. The maximum Gasteiger partial charge on any atom is 0.136 e. The van der Waals surface area contributed by atoms with E-state index in [-0.39, 0.29) is 5.41 Å². The van der Waals surface area contributed by atoms with Crippen LogP contribution in [0.3, 0.4) is 0 Å². The quantitative estimate of drug-likeness (QED) is 0.190. The molecule has 49 heavy (non-hydrogen) atoms. The SMILES string of the molecule is CC1(C)c2cc(-c3ccc4c(c3)-c3cccc5cccc(c35)O4)ccc2-c2c1ccc1c(-c3ccc4c(c3)oc3ccccc34)cccc21. The number of fused-ring (bicyclic) bond motifs is 10. The first kappa shape index (κ1) is 26.9. The van der Waals surface area contributed by atoms with E-state index in [0.717, 1.165) is 39.0 Å². The van der Waals surface area contributed by atoms with E-state index in [1.165, 1.54) is 71.6 Å². The molecule has 11 rings (SSSR count). The molecule has 0 radical (unpaired) electrons. The van der Waals surface area contributed by atoms with E-state index in [1.54, 1.807) is 0 Å². The summed E-state index contributed by atoms with van der Waals surface area (Å²) >= 11 is 0. The van der Waals surface area contributed by atoms with Gasteiger partial charge in [-0.1, -0.05) is 117 Å². The number of hydrogen-bond acceptors (Lipinski definition) is 2. The summed E-state index contributed by atoms with van der Waals surface area (Å²) in [5, 5.41) is 7.24. The van der Waals surface area contributed by atoms with E-state index in [2.05, 4.69) is 147 Å². The van der Waals surface area contributed by atoms with Gasteiger partial charge in [0.1, 0.15) is 22.7 Å². The van der Waals surface area contributed by atoms with Gasteiger partial charge >= 0.3 is 0 Å². The second-order valence-corrected chi connectivity index (χ2v) is 14.1. The third-order valence-corrected chi connectivity index (χ3v) is 11.1. The van der Waals surface area contributed by atoms with Gasteiger partial charge in [-0.2, -0.15) is 0 Å². The summed E-state index contributed by atoms with van der Waals surface area (Å²) < 4.78 is 12.7. The number of para-hydroxylation sites is 1. The highest BCUT2D eigenvalue weighted by Crippen LogP contribution is 2.54. The minimum Gasteiger partial charge on any atom is -0.456 e. The van der Waals surface area contributed by atoms with Crippen LogP contribution >= 0.6 is 0 Å². The molecule has 2 nitrogen and oxygen atoms in total. The summed E-state index contributed by atoms with van der Waals surface area (Å²) in [6.07, 6.45) is 0. The van der Waals surface area contributed by atoms with Crippen molar-refractivity contribution in [3.05, 3.63) is 157 Å². The highest BCUT2D eigenvalue weighted by Gasteiger charge is 2.37. The monoisotopic (exact) mass is 626 g/mol. The summed E-state index contributed by atoms with van der Waals surface area (Å²) in [5.41, 5.74) is 14.3. The van der Waals surface area contributed by atoms with Crippen molar-refractivity contribution in [3.8, 4) is 56.0 Å². The molecular weight excluding hydrogens is 597 g/mol. The van der Waals surface area contributed by atoms with Crippen molar-refractivity contribution in [1.29, 1.82) is 0 Å². The molecule has 8 aromatic carbocycles. The van der Waals surface area contributed by atoms with Crippen molar-refractivity contribution in [2.75, 3.05) is 0 Å². The number of benzene rings is 8. The van der Waals surface area contributed by atoms with Crippen LogP contribution in [-0.2, 0) is 5.41 Å². The Balaban J connectivity index is 1.04. The minimum absolute atomic E-state index is 0.139. The van der Waals surface area contributed by atoms with Crippen molar-refractivity contribution in [2.24, 2.45) is 0 Å². The molecule has 0 N–H and O–H groups in total. The van der Waals surface area contributed by atoms with Gasteiger partial charge in [0.15, 0.2) is 0 Å². The second kappa shape index (κ2) is 9.49. The Morgan fingerprint density at radius 3 is 2.10 bits per heavy atom. The average Bonchev–Trinajstić information content (AvgIpc) is 3.62. The van der Waals surface area contributed by atoms with Gasteiger partial charge in [-0.3, -0.25) is 0 Å². The first-order valence-electron chi connectivity index (χ1n) is 17.0. The molecular formula is C47H30O2. The van der Waals surface area contributed by atoms with Crippen LogP contribution in [-0.4, -0.2) is 0 Å². The molecule has 0 atom stereocenters. The van der Waals surface area contributed by atoms with Gasteiger partial charge in [0, 0.05) is 27.1 Å². The smallest absolute Gasteiger partial charge is 0.136 e. The van der Waals surface area contributed by atoms with Crippen molar-refractivity contribution in [2.45, 2.75) is 19.3 Å². The fourth-order valence-corrected chi connectivity index (χ4v) is 8.66. The lowest BCUT2D eigenvalue weighted by atomic mass is 9.81. The number of furan rings is 1. The van der Waals surface area contributed by atoms with E-state index in [1.807, 2.05) is 12.1 Å². The molecule has 1 aromatic heterocycles. The van der Waals surface area contributed by atoms with E-state index >= 15 is 0 Å². The van der Waals surface area contributed by atoms with Crippen LogP contribution in [0.25, 0.3) is 88.0 Å². The standard InChI is InChI=1S/C47H30O2/c1-47(2)39-22-21-32-31(30-17-19-34-33-10-3-4-14-41(33)49-44(34)26-30)11-7-13-35(32)46(39)37-20-16-29(25-40(37)47)28-18-23-42-38(24-28)36-12-5-8-27-9-6-15-43(48-42)45(27)36/h3-26H,1-2H3. The molecule has 2 heterocycles. The molecule has 0 amide bonds. The van der Waals surface area contributed by atoms with Crippen LogP contribution < -0.4 is 4.74 Å². The van der Waals surface area contributed by atoms with Crippen LogP contribution in [0.1, 0.15) is 25.0 Å². The Labute approximate surface area is 283 Å². The van der Waals surface area contributed by atoms with Crippen molar-refractivity contribution in [1.82, 2.24) is 0 Å². The Morgan fingerprint density at radius 2 is 1.16 bits per heavy atom. The maximum atomic E-state index is 6.40. The predicted octanol–water partition coefficient (Wildman–Crippen LogP) is 13.3. The zero-order chi connectivity index (χ0) is 32.4. The molecule has 0 spiro atoms. The molecule has 0 saturated heterocycles. The molecule has 9 aromatic rings. The minimum atomic E-state index is -0.139. The zero-order valence-electron chi connectivity index (χ0n) is 27.2. The van der Waals surface area contributed by atoms with Crippen LogP contribution in [0.5, 0.6) is 11.5 Å². The number of ether oxygens (including phenoxy) is 1. The number of rotatable bonds is 2. The van der Waals surface area contributed by atoms with Crippen molar-refractivity contribution >= 4 is 43.5 Å². The third kappa shape index (κ3) is 3.66.